The number of aliphatic carboxylic acids is 1. The fourth-order valence-corrected chi connectivity index (χ4v) is 5.42. The molecular weight excluding hydrogens is 582 g/mol. The number of nitrogens with zero attached hydrogens (tertiary/aromatic N) is 3. The fraction of sp³-hybridized carbons (Fsp3) is 0.290. The molecule has 0 aliphatic carbocycles. The number of para-hydroxylation sites is 1. The molecule has 0 unspecified atom stereocenters. The van der Waals surface area contributed by atoms with E-state index in [0.717, 1.165) is 29.7 Å². The number of nitrogens with one attached hydrogen (secondary N) is 2. The van der Waals surface area contributed by atoms with Crippen molar-refractivity contribution >= 4 is 45.7 Å². The Morgan fingerprint density at radius 3 is 2.48 bits per heavy atom. The maximum absolute atomic E-state index is 13.8. The predicted octanol–water partition coefficient (Wildman–Crippen LogP) is 6.11. The molecule has 1 aliphatic heterocycles. The van der Waals surface area contributed by atoms with Crippen molar-refractivity contribution in [3.63, 3.8) is 0 Å². The van der Waals surface area contributed by atoms with Gasteiger partial charge in [-0.1, -0.05) is 25.1 Å². The third-order valence-electron chi connectivity index (χ3n) is 7.36. The van der Waals surface area contributed by atoms with Gasteiger partial charge in [-0.25, -0.2) is 4.39 Å². The van der Waals surface area contributed by atoms with Crippen LogP contribution in [-0.4, -0.2) is 51.9 Å². The van der Waals surface area contributed by atoms with E-state index >= 15 is 0 Å². The minimum Gasteiger partial charge on any atom is -0.481 e. The van der Waals surface area contributed by atoms with Crippen LogP contribution in [0.1, 0.15) is 46.2 Å². The second-order valence-corrected chi connectivity index (χ2v) is 10.8. The lowest BCUT2D eigenvalue weighted by Crippen LogP contribution is -2.35. The van der Waals surface area contributed by atoms with Gasteiger partial charge in [0.25, 0.3) is 11.8 Å². The number of alkyl halides is 3. The summed E-state index contributed by atoms with van der Waals surface area (Å²) in [5.74, 6) is -2.90. The minimum atomic E-state index is -4.56. The lowest BCUT2D eigenvalue weighted by molar-refractivity contribution is -0.142. The highest BCUT2D eigenvalue weighted by molar-refractivity contribution is 6.13. The van der Waals surface area contributed by atoms with Gasteiger partial charge < -0.3 is 20.6 Å². The Balaban J connectivity index is 1.50. The monoisotopic (exact) mass is 611 g/mol. The van der Waals surface area contributed by atoms with Crippen LogP contribution >= 0.6 is 0 Å². The van der Waals surface area contributed by atoms with E-state index in [-0.39, 0.29) is 39.1 Å². The van der Waals surface area contributed by atoms with Crippen molar-refractivity contribution in [1.82, 2.24) is 9.78 Å². The summed E-state index contributed by atoms with van der Waals surface area (Å²) in [6.07, 6.45) is -3.15. The van der Waals surface area contributed by atoms with Gasteiger partial charge in [-0.15, -0.1) is 0 Å². The number of hydrogen-bond acceptors (Lipinski definition) is 5. The number of carboxylic acids is 1. The second kappa shape index (κ2) is 12.3. The van der Waals surface area contributed by atoms with Crippen molar-refractivity contribution < 1.29 is 37.1 Å². The summed E-state index contributed by atoms with van der Waals surface area (Å²) in [5.41, 5.74) is 1.09. The lowest BCUT2D eigenvalue weighted by atomic mass is 9.99. The topological polar surface area (TPSA) is 117 Å². The van der Waals surface area contributed by atoms with Gasteiger partial charge >= 0.3 is 12.1 Å². The number of benzene rings is 3. The van der Waals surface area contributed by atoms with Crippen LogP contribution in [0, 0.1) is 11.7 Å². The van der Waals surface area contributed by atoms with Gasteiger partial charge in [0.15, 0.2) is 5.69 Å². The molecule has 3 aromatic carbocycles. The van der Waals surface area contributed by atoms with Crippen LogP contribution in [0.15, 0.2) is 60.7 Å². The maximum atomic E-state index is 13.8. The Morgan fingerprint density at radius 1 is 1.00 bits per heavy atom. The van der Waals surface area contributed by atoms with E-state index in [1.165, 1.54) is 24.3 Å². The first-order valence-electron chi connectivity index (χ1n) is 13.9. The van der Waals surface area contributed by atoms with Crippen molar-refractivity contribution in [2.45, 2.75) is 38.9 Å². The summed E-state index contributed by atoms with van der Waals surface area (Å²) in [6.45, 7) is 2.10. The molecule has 44 heavy (non-hydrogen) atoms. The van der Waals surface area contributed by atoms with E-state index in [1.54, 1.807) is 24.3 Å². The van der Waals surface area contributed by atoms with Crippen LogP contribution in [0.4, 0.5) is 34.6 Å². The first-order chi connectivity index (χ1) is 20.9. The highest BCUT2D eigenvalue weighted by atomic mass is 19.4. The molecule has 2 heterocycles. The highest BCUT2D eigenvalue weighted by Gasteiger charge is 2.31. The molecule has 1 atom stereocenters. The largest absolute Gasteiger partial charge is 0.481 e. The van der Waals surface area contributed by atoms with Gasteiger partial charge in [-0.05, 0) is 66.8 Å². The Morgan fingerprint density at radius 2 is 1.75 bits per heavy atom. The van der Waals surface area contributed by atoms with Crippen LogP contribution in [0.2, 0.25) is 0 Å². The molecule has 0 radical (unpaired) electrons. The number of halogens is 4. The number of carboxylic acid groups (broad SMARTS) is 1. The fourth-order valence-electron chi connectivity index (χ4n) is 5.42. The molecule has 0 saturated carbocycles. The zero-order chi connectivity index (χ0) is 31.6. The Kier molecular flexibility index (Phi) is 8.56. The van der Waals surface area contributed by atoms with Gasteiger partial charge in [0, 0.05) is 29.7 Å². The van der Waals surface area contributed by atoms with Crippen molar-refractivity contribution in [2.75, 3.05) is 28.6 Å². The van der Waals surface area contributed by atoms with Crippen molar-refractivity contribution in [2.24, 2.45) is 5.92 Å². The van der Waals surface area contributed by atoms with Crippen LogP contribution in [0.3, 0.4) is 0 Å². The number of anilines is 3. The molecule has 1 aliphatic rings. The average molecular weight is 612 g/mol. The lowest BCUT2D eigenvalue weighted by Gasteiger charge is -2.34. The number of piperidine rings is 1. The van der Waals surface area contributed by atoms with Crippen molar-refractivity contribution in [3.05, 3.63) is 83.3 Å². The zero-order valence-electron chi connectivity index (χ0n) is 23.6. The van der Waals surface area contributed by atoms with Gasteiger partial charge in [-0.2, -0.15) is 18.3 Å². The van der Waals surface area contributed by atoms with Crippen LogP contribution in [0.5, 0.6) is 0 Å². The van der Waals surface area contributed by atoms with Crippen LogP contribution in [-0.2, 0) is 17.8 Å². The number of carbonyl (C=O) groups excluding carboxylic acids is 2. The molecule has 0 bridgehead atoms. The van der Waals surface area contributed by atoms with Crippen molar-refractivity contribution in [1.29, 1.82) is 0 Å². The molecule has 2 amide bonds. The van der Waals surface area contributed by atoms with E-state index in [1.807, 2.05) is 0 Å². The number of carbonyl (C=O) groups is 3. The minimum absolute atomic E-state index is 0.0691. The standard InChI is InChI=1S/C31H29F4N5O4/c1-18-5-4-12-39(16-18)26-11-8-19(29(43)36-23-10-9-21(32)13-20(23)15-27(41)42)14-24(26)37-30(44)28-22-6-2-3-7-25(22)40(38-28)17-31(33,34)35/h2-3,6-11,13-14,18H,4-5,12,15-17H2,1H3,(H,36,43)(H,37,44)(H,41,42)/t18-/m0/s1. The number of aromatic nitrogens is 2. The number of amides is 2. The number of hydrogen-bond donors (Lipinski definition) is 3. The third kappa shape index (κ3) is 6.99. The number of rotatable bonds is 8. The molecule has 5 rings (SSSR count). The maximum Gasteiger partial charge on any atom is 0.408 e. The van der Waals surface area contributed by atoms with E-state index in [4.69, 9.17) is 0 Å². The predicted molar refractivity (Wildman–Crippen MR) is 156 cm³/mol. The molecule has 1 aromatic heterocycles. The molecule has 4 aromatic rings. The van der Waals surface area contributed by atoms with Gasteiger partial charge in [-0.3, -0.25) is 19.1 Å². The van der Waals surface area contributed by atoms with Gasteiger partial charge in [0.1, 0.15) is 12.4 Å². The zero-order valence-corrected chi connectivity index (χ0v) is 23.6. The van der Waals surface area contributed by atoms with E-state index in [0.29, 0.717) is 24.7 Å². The van der Waals surface area contributed by atoms with E-state index in [2.05, 4.69) is 27.6 Å². The normalized spacial score (nSPS) is 15.3. The van der Waals surface area contributed by atoms with Gasteiger partial charge in [0.2, 0.25) is 0 Å². The van der Waals surface area contributed by atoms with Crippen LogP contribution in [0.25, 0.3) is 10.9 Å². The Bertz CT molecular complexity index is 1740. The molecule has 9 nitrogen and oxygen atoms in total. The van der Waals surface area contributed by atoms with Crippen molar-refractivity contribution in [3.8, 4) is 0 Å². The van der Waals surface area contributed by atoms with Gasteiger partial charge in [0.05, 0.1) is 23.3 Å². The summed E-state index contributed by atoms with van der Waals surface area (Å²) in [6, 6.07) is 14.2. The Labute approximate surface area is 249 Å². The van der Waals surface area contributed by atoms with Crippen LogP contribution < -0.4 is 15.5 Å². The summed E-state index contributed by atoms with van der Waals surface area (Å²) < 4.78 is 54.3. The molecule has 13 heteroatoms. The molecule has 0 spiro atoms. The summed E-state index contributed by atoms with van der Waals surface area (Å²) >= 11 is 0. The Hall–Kier alpha value is -4.94. The number of fused-ring (bicyclic) bond motifs is 1. The molecular formula is C31H29F4N5O4. The highest BCUT2D eigenvalue weighted by Crippen LogP contribution is 2.33. The quantitative estimate of drug-likeness (QED) is 0.207. The first-order valence-corrected chi connectivity index (χ1v) is 13.9. The summed E-state index contributed by atoms with van der Waals surface area (Å²) in [5, 5.41) is 18.8. The first kappa shape index (κ1) is 30.5. The molecule has 1 saturated heterocycles. The summed E-state index contributed by atoms with van der Waals surface area (Å²) in [4.78, 5) is 40.2. The molecule has 1 fully saturated rings. The van der Waals surface area contributed by atoms with E-state index in [9.17, 15) is 37.1 Å². The molecule has 230 valence electrons. The second-order valence-electron chi connectivity index (χ2n) is 10.8. The summed E-state index contributed by atoms with van der Waals surface area (Å²) in [7, 11) is 0. The average Bonchev–Trinajstić information content (AvgIpc) is 3.31. The smallest absolute Gasteiger partial charge is 0.408 e. The molecule has 3 N–H and O–H groups in total. The third-order valence-corrected chi connectivity index (χ3v) is 7.36. The van der Waals surface area contributed by atoms with E-state index < -0.39 is 42.7 Å². The SMILES string of the molecule is C[C@H]1CCCN(c2ccc(C(=O)Nc3ccc(F)cc3CC(=O)O)cc2NC(=O)c2nn(CC(F)(F)F)c3ccccc23)C1.